The Labute approximate surface area is 133 Å². The molecule has 7 heteroatoms. The van der Waals surface area contributed by atoms with Crippen molar-refractivity contribution >= 4 is 11.8 Å². The number of carbonyl (C=O) groups is 2. The fourth-order valence-corrected chi connectivity index (χ4v) is 2.33. The molecule has 22 heavy (non-hydrogen) atoms. The van der Waals surface area contributed by atoms with E-state index in [1.165, 1.54) is 6.92 Å². The lowest BCUT2D eigenvalue weighted by molar-refractivity contribution is -0.134. The largest absolute Gasteiger partial charge is 0.379 e. The van der Waals surface area contributed by atoms with Crippen molar-refractivity contribution in [3.8, 4) is 0 Å². The highest BCUT2D eigenvalue weighted by atomic mass is 16.5. The highest BCUT2D eigenvalue weighted by Crippen LogP contribution is 1.96. The zero-order chi connectivity index (χ0) is 16.4. The van der Waals surface area contributed by atoms with E-state index in [4.69, 9.17) is 4.74 Å². The van der Waals surface area contributed by atoms with Crippen molar-refractivity contribution in [2.75, 3.05) is 73.1 Å². The van der Waals surface area contributed by atoms with Gasteiger partial charge in [-0.3, -0.25) is 14.5 Å². The van der Waals surface area contributed by atoms with Crippen molar-refractivity contribution < 1.29 is 14.3 Å². The third-order valence-electron chi connectivity index (χ3n) is 3.67. The SMILES string of the molecule is CC(=O)N(CCCN(C)C)CC(=O)NCCN1CCOCC1. The molecule has 0 spiro atoms. The molecule has 0 aromatic heterocycles. The lowest BCUT2D eigenvalue weighted by Crippen LogP contribution is -2.44. The van der Waals surface area contributed by atoms with E-state index in [-0.39, 0.29) is 18.4 Å². The molecule has 0 saturated carbocycles. The van der Waals surface area contributed by atoms with Gasteiger partial charge < -0.3 is 19.9 Å². The number of hydrogen-bond acceptors (Lipinski definition) is 5. The Hall–Kier alpha value is -1.18. The molecule has 0 radical (unpaired) electrons. The first-order valence-corrected chi connectivity index (χ1v) is 7.96. The molecule has 2 amide bonds. The van der Waals surface area contributed by atoms with E-state index in [0.717, 1.165) is 45.8 Å². The van der Waals surface area contributed by atoms with Crippen LogP contribution in [0.1, 0.15) is 13.3 Å². The molecule has 1 N–H and O–H groups in total. The van der Waals surface area contributed by atoms with E-state index in [0.29, 0.717) is 13.1 Å². The second kappa shape index (κ2) is 10.5. The van der Waals surface area contributed by atoms with Gasteiger partial charge in [0.05, 0.1) is 19.8 Å². The van der Waals surface area contributed by atoms with Gasteiger partial charge in [-0.05, 0) is 27.1 Å². The van der Waals surface area contributed by atoms with E-state index in [2.05, 4.69) is 15.1 Å². The summed E-state index contributed by atoms with van der Waals surface area (Å²) in [4.78, 5) is 29.5. The fourth-order valence-electron chi connectivity index (χ4n) is 2.33. The molecule has 1 saturated heterocycles. The third kappa shape index (κ3) is 8.31. The lowest BCUT2D eigenvalue weighted by atomic mass is 10.3. The monoisotopic (exact) mass is 314 g/mol. The van der Waals surface area contributed by atoms with Crippen LogP contribution in [0.4, 0.5) is 0 Å². The Kier molecular flexibility index (Phi) is 9.03. The number of rotatable bonds is 9. The summed E-state index contributed by atoms with van der Waals surface area (Å²) in [6, 6.07) is 0. The molecule has 0 aliphatic carbocycles. The van der Waals surface area contributed by atoms with Crippen LogP contribution in [0, 0.1) is 0 Å². The smallest absolute Gasteiger partial charge is 0.239 e. The first kappa shape index (κ1) is 18.9. The van der Waals surface area contributed by atoms with Gasteiger partial charge in [0.25, 0.3) is 0 Å². The summed E-state index contributed by atoms with van der Waals surface area (Å²) in [5.41, 5.74) is 0. The predicted molar refractivity (Wildman–Crippen MR) is 85.7 cm³/mol. The van der Waals surface area contributed by atoms with E-state index < -0.39 is 0 Å². The second-order valence-electron chi connectivity index (χ2n) is 5.90. The van der Waals surface area contributed by atoms with Crippen molar-refractivity contribution in [2.24, 2.45) is 0 Å². The summed E-state index contributed by atoms with van der Waals surface area (Å²) in [5, 5.41) is 2.89. The molecule has 0 aromatic carbocycles. The van der Waals surface area contributed by atoms with E-state index in [1.54, 1.807) is 4.90 Å². The highest BCUT2D eigenvalue weighted by Gasteiger charge is 2.14. The van der Waals surface area contributed by atoms with E-state index in [1.807, 2.05) is 14.1 Å². The van der Waals surface area contributed by atoms with Gasteiger partial charge in [0.15, 0.2) is 0 Å². The Morgan fingerprint density at radius 2 is 1.86 bits per heavy atom. The number of nitrogens with zero attached hydrogens (tertiary/aromatic N) is 3. The van der Waals surface area contributed by atoms with Crippen LogP contribution in [0.25, 0.3) is 0 Å². The maximum Gasteiger partial charge on any atom is 0.239 e. The highest BCUT2D eigenvalue weighted by molar-refractivity contribution is 5.83. The maximum atomic E-state index is 11.9. The number of hydrogen-bond donors (Lipinski definition) is 1. The van der Waals surface area contributed by atoms with Crippen molar-refractivity contribution in [1.82, 2.24) is 20.0 Å². The number of carbonyl (C=O) groups excluding carboxylic acids is 2. The van der Waals surface area contributed by atoms with Gasteiger partial charge in [-0.25, -0.2) is 0 Å². The minimum absolute atomic E-state index is 0.0536. The summed E-state index contributed by atoms with van der Waals surface area (Å²) < 4.78 is 5.28. The summed E-state index contributed by atoms with van der Waals surface area (Å²) >= 11 is 0. The Balaban J connectivity index is 2.20. The zero-order valence-corrected chi connectivity index (χ0v) is 14.1. The second-order valence-corrected chi connectivity index (χ2v) is 5.90. The number of ether oxygens (including phenoxy) is 1. The topological polar surface area (TPSA) is 65.1 Å². The lowest BCUT2D eigenvalue weighted by Gasteiger charge is -2.26. The number of amides is 2. The first-order valence-electron chi connectivity index (χ1n) is 7.96. The molecule has 0 atom stereocenters. The number of morpholine rings is 1. The van der Waals surface area contributed by atoms with E-state index >= 15 is 0 Å². The van der Waals surface area contributed by atoms with Gasteiger partial charge in [0.2, 0.25) is 11.8 Å². The van der Waals surface area contributed by atoms with Crippen LogP contribution >= 0.6 is 0 Å². The summed E-state index contributed by atoms with van der Waals surface area (Å²) in [7, 11) is 3.99. The molecule has 128 valence electrons. The van der Waals surface area contributed by atoms with Gasteiger partial charge in [0, 0.05) is 39.6 Å². The molecule has 0 aromatic rings. The Bertz CT molecular complexity index is 344. The molecular formula is C15H30N4O3. The van der Waals surface area contributed by atoms with Gasteiger partial charge in [-0.2, -0.15) is 0 Å². The van der Waals surface area contributed by atoms with Crippen LogP contribution < -0.4 is 5.32 Å². The van der Waals surface area contributed by atoms with Crippen molar-refractivity contribution in [3.63, 3.8) is 0 Å². The van der Waals surface area contributed by atoms with Gasteiger partial charge in [-0.1, -0.05) is 0 Å². The van der Waals surface area contributed by atoms with E-state index in [9.17, 15) is 9.59 Å². The minimum atomic E-state index is -0.0895. The molecular weight excluding hydrogens is 284 g/mol. The molecule has 1 aliphatic rings. The summed E-state index contributed by atoms with van der Waals surface area (Å²) in [6.07, 6.45) is 0.869. The van der Waals surface area contributed by atoms with Crippen molar-refractivity contribution in [2.45, 2.75) is 13.3 Å². The third-order valence-corrected chi connectivity index (χ3v) is 3.67. The van der Waals surface area contributed by atoms with Crippen molar-refractivity contribution in [1.29, 1.82) is 0 Å². The average molecular weight is 314 g/mol. The Morgan fingerprint density at radius 3 is 2.45 bits per heavy atom. The van der Waals surface area contributed by atoms with Gasteiger partial charge >= 0.3 is 0 Å². The maximum absolute atomic E-state index is 11.9. The predicted octanol–water partition coefficient (Wildman–Crippen LogP) is -0.765. The zero-order valence-electron chi connectivity index (χ0n) is 14.1. The van der Waals surface area contributed by atoms with Gasteiger partial charge in [-0.15, -0.1) is 0 Å². The average Bonchev–Trinajstić information content (AvgIpc) is 2.47. The van der Waals surface area contributed by atoms with Crippen LogP contribution in [0.3, 0.4) is 0 Å². The molecule has 0 unspecified atom stereocenters. The van der Waals surface area contributed by atoms with Gasteiger partial charge in [0.1, 0.15) is 0 Å². The molecule has 1 aliphatic heterocycles. The Morgan fingerprint density at radius 1 is 1.18 bits per heavy atom. The quantitative estimate of drug-likeness (QED) is 0.606. The number of nitrogens with one attached hydrogen (secondary N) is 1. The van der Waals surface area contributed by atoms with Crippen LogP contribution in [-0.4, -0.2) is 99.6 Å². The first-order chi connectivity index (χ1) is 10.5. The molecule has 7 nitrogen and oxygen atoms in total. The normalized spacial score (nSPS) is 15.8. The standard InChI is InChI=1S/C15H30N4O3/c1-14(20)19(7-4-6-17(2)3)13-15(21)16-5-8-18-9-11-22-12-10-18/h4-13H2,1-3H3,(H,16,21). The molecule has 0 bridgehead atoms. The minimum Gasteiger partial charge on any atom is -0.379 e. The molecule has 1 heterocycles. The van der Waals surface area contributed by atoms with Crippen LogP contribution in [0.5, 0.6) is 0 Å². The summed E-state index contributed by atoms with van der Waals surface area (Å²) in [5.74, 6) is -0.143. The molecule has 1 fully saturated rings. The van der Waals surface area contributed by atoms with Crippen molar-refractivity contribution in [3.05, 3.63) is 0 Å². The van der Waals surface area contributed by atoms with Crippen LogP contribution in [-0.2, 0) is 14.3 Å². The molecule has 1 rings (SSSR count). The summed E-state index contributed by atoms with van der Waals surface area (Å²) in [6.45, 7) is 7.98. The van der Waals surface area contributed by atoms with Crippen LogP contribution in [0.2, 0.25) is 0 Å². The van der Waals surface area contributed by atoms with Crippen LogP contribution in [0.15, 0.2) is 0 Å². The fraction of sp³-hybridized carbons (Fsp3) is 0.867.